The van der Waals surface area contributed by atoms with E-state index in [1.807, 2.05) is 6.07 Å². The molecule has 0 spiro atoms. The first-order valence-electron chi connectivity index (χ1n) is 7.22. The Bertz CT molecular complexity index is 1430. The van der Waals surface area contributed by atoms with Gasteiger partial charge in [0, 0.05) is 0 Å². The van der Waals surface area contributed by atoms with Gasteiger partial charge in [-0.1, -0.05) is 0 Å². The van der Waals surface area contributed by atoms with Gasteiger partial charge in [0.15, 0.2) is 34.5 Å². The Morgan fingerprint density at radius 1 is 0.444 bits per heavy atom. The van der Waals surface area contributed by atoms with Crippen molar-refractivity contribution in [3.8, 4) is 18.2 Å². The van der Waals surface area contributed by atoms with Crippen LogP contribution in [0, 0.1) is 34.0 Å². The van der Waals surface area contributed by atoms with Crippen molar-refractivity contribution < 1.29 is 0 Å². The van der Waals surface area contributed by atoms with Crippen LogP contribution in [0.15, 0.2) is 0 Å². The van der Waals surface area contributed by atoms with Gasteiger partial charge in [0.2, 0.25) is 0 Å². The summed E-state index contributed by atoms with van der Waals surface area (Å²) in [6.07, 6.45) is 0. The van der Waals surface area contributed by atoms with Crippen LogP contribution in [0.3, 0.4) is 0 Å². The number of hydrogen-bond donors (Lipinski definition) is 3. The first kappa shape index (κ1) is 15.6. The van der Waals surface area contributed by atoms with Crippen molar-refractivity contribution in [1.29, 1.82) is 15.8 Å². The first-order valence-corrected chi connectivity index (χ1v) is 7.22. The van der Waals surface area contributed by atoms with E-state index in [4.69, 9.17) is 17.2 Å². The fraction of sp³-hybridized carbons (Fsp3) is 0. The summed E-state index contributed by atoms with van der Waals surface area (Å²) in [5.41, 5.74) is 17.6. The molecule has 0 radical (unpaired) electrons. The van der Waals surface area contributed by atoms with E-state index in [0.29, 0.717) is 0 Å². The second kappa shape index (κ2) is 5.31. The van der Waals surface area contributed by atoms with Crippen molar-refractivity contribution in [2.45, 2.75) is 0 Å². The SMILES string of the molecule is N#Cc1nc2c3nc(N)c(N)nc3c3nc(C#N)c(C#N)nc3c2nc1N. The number of hydrogen-bond acceptors (Lipinski definition) is 12. The molecule has 0 saturated heterocycles. The maximum absolute atomic E-state index is 9.24. The Balaban J connectivity index is 2.40. The average Bonchev–Trinajstić information content (AvgIpc) is 2.68. The molecule has 0 fully saturated rings. The van der Waals surface area contributed by atoms with E-state index in [0.717, 1.165) is 0 Å². The summed E-state index contributed by atoms with van der Waals surface area (Å²) >= 11 is 0. The van der Waals surface area contributed by atoms with Gasteiger partial charge < -0.3 is 17.2 Å². The van der Waals surface area contributed by atoms with Crippen LogP contribution in [0.4, 0.5) is 17.5 Å². The van der Waals surface area contributed by atoms with Crippen LogP contribution in [-0.4, -0.2) is 29.9 Å². The number of rotatable bonds is 0. The van der Waals surface area contributed by atoms with Crippen molar-refractivity contribution in [1.82, 2.24) is 29.9 Å². The van der Waals surface area contributed by atoms with Crippen molar-refractivity contribution in [3.63, 3.8) is 0 Å². The number of anilines is 3. The smallest absolute Gasteiger partial charge is 0.183 e. The highest BCUT2D eigenvalue weighted by atomic mass is 15.0. The molecule has 0 amide bonds. The number of nitrogens with zero attached hydrogens (tertiary/aromatic N) is 9. The lowest BCUT2D eigenvalue weighted by Crippen LogP contribution is -2.07. The van der Waals surface area contributed by atoms with Crippen molar-refractivity contribution >= 4 is 50.6 Å². The van der Waals surface area contributed by atoms with E-state index >= 15 is 0 Å². The molecule has 3 heterocycles. The van der Waals surface area contributed by atoms with E-state index < -0.39 is 0 Å². The van der Waals surface area contributed by atoms with Crippen LogP contribution in [-0.2, 0) is 0 Å². The molecule has 3 aromatic heterocycles. The Morgan fingerprint density at radius 2 is 0.741 bits per heavy atom. The molecule has 0 aliphatic heterocycles. The van der Waals surface area contributed by atoms with Gasteiger partial charge in [0.1, 0.15) is 51.3 Å². The van der Waals surface area contributed by atoms with Gasteiger partial charge in [0.05, 0.1) is 0 Å². The van der Waals surface area contributed by atoms with Gasteiger partial charge in [-0.15, -0.1) is 0 Å². The van der Waals surface area contributed by atoms with Crippen molar-refractivity contribution in [2.24, 2.45) is 0 Å². The summed E-state index contributed by atoms with van der Waals surface area (Å²) in [5, 5.41) is 27.7. The monoisotopic (exact) mass is 354 g/mol. The molecule has 0 unspecified atom stereocenters. The van der Waals surface area contributed by atoms with Gasteiger partial charge in [-0.3, -0.25) is 0 Å². The predicted octanol–water partition coefficient (Wildman–Crippen LogP) is -0.122. The molecule has 0 aliphatic carbocycles. The van der Waals surface area contributed by atoms with E-state index in [-0.39, 0.29) is 67.6 Å². The fourth-order valence-corrected chi connectivity index (χ4v) is 2.57. The molecule has 0 saturated carbocycles. The lowest BCUT2D eigenvalue weighted by molar-refractivity contribution is 1.19. The topological polar surface area (TPSA) is 227 Å². The Kier molecular flexibility index (Phi) is 3.07. The second-order valence-corrected chi connectivity index (χ2v) is 5.30. The third-order valence-corrected chi connectivity index (χ3v) is 3.76. The lowest BCUT2D eigenvalue weighted by Gasteiger charge is -2.10. The highest BCUT2D eigenvalue weighted by Gasteiger charge is 2.21. The van der Waals surface area contributed by atoms with Crippen molar-refractivity contribution in [2.75, 3.05) is 17.2 Å². The standard InChI is InChI=1S/C15H6N12/c16-1-4-5(2-17)23-8-7(22-4)10-9(24-6(3-18)13(19)25-10)12-11(8)26-14(20)15(21)27-12/h(H2,19,25)(H2,20,26)(H2,21,27). The fourth-order valence-electron chi connectivity index (χ4n) is 2.57. The van der Waals surface area contributed by atoms with Crippen LogP contribution in [0.25, 0.3) is 33.1 Å². The summed E-state index contributed by atoms with van der Waals surface area (Å²) in [6.45, 7) is 0. The zero-order valence-electron chi connectivity index (χ0n) is 13.3. The molecule has 27 heavy (non-hydrogen) atoms. The number of benzene rings is 1. The molecule has 6 N–H and O–H groups in total. The summed E-state index contributed by atoms with van der Waals surface area (Å²) < 4.78 is 0. The van der Waals surface area contributed by atoms with Gasteiger partial charge >= 0.3 is 0 Å². The number of fused-ring (bicyclic) bond motifs is 6. The van der Waals surface area contributed by atoms with Crippen LogP contribution in [0.5, 0.6) is 0 Å². The van der Waals surface area contributed by atoms with Gasteiger partial charge in [-0.2, -0.15) is 15.8 Å². The molecule has 0 aliphatic rings. The molecule has 0 bridgehead atoms. The molecular weight excluding hydrogens is 348 g/mol. The molecule has 12 heteroatoms. The number of aromatic nitrogens is 6. The van der Waals surface area contributed by atoms with Crippen LogP contribution in [0.1, 0.15) is 17.1 Å². The average molecular weight is 354 g/mol. The van der Waals surface area contributed by atoms with E-state index in [9.17, 15) is 15.8 Å². The number of nitriles is 3. The normalized spacial score (nSPS) is 10.6. The molecule has 0 atom stereocenters. The third-order valence-electron chi connectivity index (χ3n) is 3.76. The molecule has 12 nitrogen and oxygen atoms in total. The van der Waals surface area contributed by atoms with Gasteiger partial charge in [-0.25, -0.2) is 29.9 Å². The largest absolute Gasteiger partial charge is 0.381 e. The number of nitrogen functional groups attached to an aromatic ring is 3. The third kappa shape index (κ3) is 2.06. The summed E-state index contributed by atoms with van der Waals surface area (Å²) in [5.74, 6) is -0.245. The maximum atomic E-state index is 9.24. The lowest BCUT2D eigenvalue weighted by atomic mass is 10.1. The summed E-state index contributed by atoms with van der Waals surface area (Å²) in [6, 6.07) is 5.44. The summed E-state index contributed by atoms with van der Waals surface area (Å²) in [4.78, 5) is 25.0. The van der Waals surface area contributed by atoms with E-state index in [1.54, 1.807) is 12.1 Å². The molecule has 1 aromatic carbocycles. The minimum Gasteiger partial charge on any atom is -0.381 e. The van der Waals surface area contributed by atoms with E-state index in [2.05, 4.69) is 29.9 Å². The minimum absolute atomic E-state index is 0.0533. The zero-order valence-corrected chi connectivity index (χ0v) is 13.3. The predicted molar refractivity (Wildman–Crippen MR) is 93.1 cm³/mol. The molecule has 4 rings (SSSR count). The van der Waals surface area contributed by atoms with E-state index in [1.165, 1.54) is 0 Å². The molecule has 4 aromatic rings. The number of nitrogens with two attached hydrogens (primary N) is 3. The highest BCUT2D eigenvalue weighted by molar-refractivity contribution is 6.18. The highest BCUT2D eigenvalue weighted by Crippen LogP contribution is 2.32. The zero-order chi connectivity index (χ0) is 19.3. The second-order valence-electron chi connectivity index (χ2n) is 5.30. The van der Waals surface area contributed by atoms with Gasteiger partial charge in [-0.05, 0) is 0 Å². The van der Waals surface area contributed by atoms with Crippen LogP contribution >= 0.6 is 0 Å². The Labute approximate surface area is 149 Å². The minimum atomic E-state index is -0.202. The quantitative estimate of drug-likeness (QED) is 0.351. The van der Waals surface area contributed by atoms with Crippen LogP contribution < -0.4 is 17.2 Å². The first-order chi connectivity index (χ1) is 13.0. The molecular formula is C15H6N12. The Morgan fingerprint density at radius 3 is 1.11 bits per heavy atom. The van der Waals surface area contributed by atoms with Crippen molar-refractivity contribution in [3.05, 3.63) is 17.1 Å². The van der Waals surface area contributed by atoms with Gasteiger partial charge in [0.25, 0.3) is 0 Å². The summed E-state index contributed by atoms with van der Waals surface area (Å²) in [7, 11) is 0. The van der Waals surface area contributed by atoms with Crippen LogP contribution in [0.2, 0.25) is 0 Å². The molecule has 126 valence electrons. The Hall–Kier alpha value is -4.89. The maximum Gasteiger partial charge on any atom is 0.183 e.